The molecule has 3 fully saturated rings. The number of Topliss-reactive ketones (excluding diaryl/α,β-unsaturated/α-hetero) is 1. The molecule has 4 aliphatic heterocycles. The number of nitrogens with zero attached hydrogens (tertiary/aromatic N) is 2. The van der Waals surface area contributed by atoms with Gasteiger partial charge in [-0.15, -0.1) is 0 Å². The second-order valence-corrected chi connectivity index (χ2v) is 18.4. The van der Waals surface area contributed by atoms with E-state index in [9.17, 15) is 35.1 Å². The molecule has 3 aromatic carbocycles. The highest BCUT2D eigenvalue weighted by molar-refractivity contribution is 6.11. The van der Waals surface area contributed by atoms with E-state index in [2.05, 4.69) is 17.8 Å². The fourth-order valence-electron chi connectivity index (χ4n) is 10.7. The first-order valence-corrected chi connectivity index (χ1v) is 23.0. The van der Waals surface area contributed by atoms with Crippen LogP contribution < -0.4 is 14.8 Å². The predicted molar refractivity (Wildman–Crippen MR) is 242 cm³/mol. The molecule has 14 nitrogen and oxygen atoms in total. The lowest BCUT2D eigenvalue weighted by Gasteiger charge is -2.47. The molecule has 6 atom stereocenters. The van der Waals surface area contributed by atoms with Gasteiger partial charge in [0, 0.05) is 48.8 Å². The number of rotatable bonds is 10. The summed E-state index contributed by atoms with van der Waals surface area (Å²) in [5.74, 6) is -0.942. The van der Waals surface area contributed by atoms with Crippen LogP contribution in [0.25, 0.3) is 16.8 Å². The van der Waals surface area contributed by atoms with Crippen molar-refractivity contribution in [2.45, 2.75) is 113 Å². The van der Waals surface area contributed by atoms with Gasteiger partial charge in [0.1, 0.15) is 47.2 Å². The number of fused-ring (bicyclic) bond motifs is 7. The van der Waals surface area contributed by atoms with Crippen LogP contribution in [-0.2, 0) is 16.0 Å². The molecule has 7 aliphatic rings. The van der Waals surface area contributed by atoms with Crippen molar-refractivity contribution in [2.24, 2.45) is 4.99 Å². The number of benzene rings is 3. The van der Waals surface area contributed by atoms with E-state index in [1.807, 2.05) is 24.3 Å². The Kier molecular flexibility index (Phi) is 11.9. The van der Waals surface area contributed by atoms with Crippen LogP contribution in [0.3, 0.4) is 0 Å². The molecule has 3 aromatic rings. The number of aromatic hydroxyl groups is 1. The van der Waals surface area contributed by atoms with E-state index in [1.54, 1.807) is 36.6 Å². The normalized spacial score (nSPS) is 28.5. The fraction of sp³-hybridized carbons (Fsp3) is 0.451. The van der Waals surface area contributed by atoms with Crippen molar-refractivity contribution in [3.8, 4) is 17.2 Å². The summed E-state index contributed by atoms with van der Waals surface area (Å²) in [6.07, 6.45) is 13.3. The number of phenolic OH excluding ortho intramolecular Hbond substituents is 1. The number of methoxy groups -OCH3 is 1. The van der Waals surface area contributed by atoms with Gasteiger partial charge >= 0.3 is 0 Å². The first kappa shape index (κ1) is 43.6. The highest BCUT2D eigenvalue weighted by atomic mass is 16.7. The maximum Gasteiger partial charge on any atom is 0.254 e. The summed E-state index contributed by atoms with van der Waals surface area (Å²) in [6, 6.07) is 11.3. The number of ether oxygens (including phenoxy) is 4. The third kappa shape index (κ3) is 7.88. The van der Waals surface area contributed by atoms with Crippen LogP contribution in [0.1, 0.15) is 101 Å². The number of hydrogen-bond donors (Lipinski definition) is 6. The summed E-state index contributed by atoms with van der Waals surface area (Å²) in [5, 5.41) is 62.3. The lowest BCUT2D eigenvalue weighted by atomic mass is 9.86. The number of aliphatic imine (C=N–C) groups is 1. The average Bonchev–Trinajstić information content (AvgIpc) is 4.08. The standard InChI is InChI=1S/C51H55N3O11/c1-62-41-21-31-20-35(29-9-5-6-10-29)44(39(56)25-54-24-30-11-7-8-14-33(30)49(54)60)46(58)43(31)47-34(41)16-18-40(63-26-42-45(57)48(59)51(61,27-55)50(64-42)65-47)37-23-53-38-17-15-28(19-36(37)38)22-52-32-12-3-2-4-13-32/h7-8,11,14-21,23,29,32,40,42,45,48,50,52,55,57,59,61H,2-6,9-10,12-13,22,24-27H2,1H3/p+1/b18-16+/t40-,42-,45-,48+,50-,51-/m1/s1. The molecule has 3 aliphatic carbocycles. The van der Waals surface area contributed by atoms with Crippen LogP contribution in [-0.4, -0.2) is 124 Å². The number of carbonyl (C=O) groups excluding carboxylic acids is 2. The van der Waals surface area contributed by atoms with Crippen molar-refractivity contribution < 1.29 is 54.1 Å². The molecule has 1 amide bonds. The molecule has 6 N–H and O–H groups in total. The molecule has 0 aromatic heterocycles. The zero-order valence-electron chi connectivity index (χ0n) is 36.4. The Bertz CT molecular complexity index is 2550. The molecule has 14 heteroatoms. The van der Waals surface area contributed by atoms with E-state index in [0.29, 0.717) is 34.8 Å². The number of hydrogen-bond acceptors (Lipinski definition) is 13. The lowest BCUT2D eigenvalue weighted by Crippen LogP contribution is -2.69. The average molecular weight is 887 g/mol. The first-order chi connectivity index (χ1) is 31.6. The van der Waals surface area contributed by atoms with Gasteiger partial charge in [-0.3, -0.25) is 9.59 Å². The molecule has 2 bridgehead atoms. The highest BCUT2D eigenvalue weighted by Crippen LogP contribution is 2.50. The number of phenols is 1. The van der Waals surface area contributed by atoms with Gasteiger partial charge in [-0.2, -0.15) is 4.99 Å². The molecule has 0 unspecified atom stereocenters. The van der Waals surface area contributed by atoms with Crippen molar-refractivity contribution in [3.63, 3.8) is 0 Å². The zero-order valence-corrected chi connectivity index (χ0v) is 36.4. The fourth-order valence-corrected chi connectivity index (χ4v) is 10.7. The smallest absolute Gasteiger partial charge is 0.254 e. The van der Waals surface area contributed by atoms with E-state index < -0.39 is 54.4 Å². The van der Waals surface area contributed by atoms with Crippen LogP contribution in [0.4, 0.5) is 0 Å². The Morgan fingerprint density at radius 3 is 2.62 bits per heavy atom. The van der Waals surface area contributed by atoms with Gasteiger partial charge in [0.05, 0.1) is 55.2 Å². The number of nitrogens with one attached hydrogen (secondary N) is 1. The van der Waals surface area contributed by atoms with E-state index in [1.165, 1.54) is 31.3 Å². The minimum absolute atomic E-state index is 0.0484. The van der Waals surface area contributed by atoms with E-state index in [0.717, 1.165) is 66.5 Å². The zero-order chi connectivity index (χ0) is 45.0. The number of ketones is 1. The minimum Gasteiger partial charge on any atom is -0.506 e. The van der Waals surface area contributed by atoms with Crippen LogP contribution >= 0.6 is 0 Å². The van der Waals surface area contributed by atoms with Gasteiger partial charge in [0.15, 0.2) is 17.1 Å². The molecular weight excluding hydrogens is 831 g/mol. The number of allylic oxidation sites excluding steroid dienone is 3. The second-order valence-electron chi connectivity index (χ2n) is 18.4. The molecule has 0 radical (unpaired) electrons. The van der Waals surface area contributed by atoms with Gasteiger partial charge < -0.3 is 54.7 Å². The summed E-state index contributed by atoms with van der Waals surface area (Å²) in [5.41, 5.74) is 3.19. The topological polar surface area (TPSA) is 200 Å². The van der Waals surface area contributed by atoms with Crippen LogP contribution in [0.5, 0.6) is 17.2 Å². The number of aliphatic hydroxyl groups excluding tert-OH is 3. The second kappa shape index (κ2) is 17.8. The van der Waals surface area contributed by atoms with Gasteiger partial charge in [0.25, 0.3) is 5.91 Å². The lowest BCUT2D eigenvalue weighted by molar-refractivity contribution is -0.329. The molecule has 10 rings (SSSR count). The molecular formula is C51H56N3O11+. The third-order valence-corrected chi connectivity index (χ3v) is 14.4. The minimum atomic E-state index is -2.56. The van der Waals surface area contributed by atoms with E-state index in [-0.39, 0.29) is 53.8 Å². The van der Waals surface area contributed by atoms with Crippen LogP contribution in [0, 0.1) is 6.42 Å². The van der Waals surface area contributed by atoms with Gasteiger partial charge in [-0.25, -0.2) is 0 Å². The summed E-state index contributed by atoms with van der Waals surface area (Å²) in [7, 11) is 1.49. The predicted octanol–water partition coefficient (Wildman–Crippen LogP) is 5.34. The van der Waals surface area contributed by atoms with Gasteiger partial charge in [-0.1, -0.05) is 50.3 Å². The summed E-state index contributed by atoms with van der Waals surface area (Å²) in [6.45, 7) is -0.692. The van der Waals surface area contributed by atoms with Crippen LogP contribution in [0.15, 0.2) is 82.0 Å². The molecule has 1 saturated heterocycles. The van der Waals surface area contributed by atoms with Crippen molar-refractivity contribution in [1.82, 2.24) is 10.2 Å². The van der Waals surface area contributed by atoms with Crippen LogP contribution in [0.2, 0.25) is 0 Å². The molecule has 4 heterocycles. The SMILES string of the molecule is COc1cc2cc(C3CCCC3)c(C(=O)CN3Cc4ccccc4C3=O)c(O)c2c2c1/C=C/[C@H](C1=C3[CH+]C(CNC4CCCCC4)=CC=C3N=C1)OC[C@H]1O[C@H](O2)[C@@](O)(CO)[C@@H](O)[C@@H]1O. The molecule has 65 heavy (non-hydrogen) atoms. The monoisotopic (exact) mass is 886 g/mol. The quantitative estimate of drug-likeness (QED) is 0.113. The Hall–Kier alpha value is -5.32. The molecule has 2 saturated carbocycles. The third-order valence-electron chi connectivity index (χ3n) is 14.4. The molecule has 340 valence electrons. The first-order valence-electron chi connectivity index (χ1n) is 23.0. The Balaban J connectivity index is 1.09. The van der Waals surface area contributed by atoms with Gasteiger partial charge in [0.2, 0.25) is 6.29 Å². The Morgan fingerprint density at radius 2 is 1.85 bits per heavy atom. The van der Waals surface area contributed by atoms with E-state index >= 15 is 0 Å². The van der Waals surface area contributed by atoms with Crippen molar-refractivity contribution in [3.05, 3.63) is 111 Å². The summed E-state index contributed by atoms with van der Waals surface area (Å²) >= 11 is 0. The van der Waals surface area contributed by atoms with E-state index in [4.69, 9.17) is 23.9 Å². The van der Waals surface area contributed by atoms with Crippen molar-refractivity contribution in [1.29, 1.82) is 0 Å². The van der Waals surface area contributed by atoms with Gasteiger partial charge in [-0.05, 0) is 78.5 Å². The van der Waals surface area contributed by atoms with Crippen molar-refractivity contribution >= 4 is 34.8 Å². The Morgan fingerprint density at radius 1 is 1.06 bits per heavy atom. The highest BCUT2D eigenvalue weighted by Gasteiger charge is 2.57. The maximum atomic E-state index is 14.7. The maximum absolute atomic E-state index is 14.7. The summed E-state index contributed by atoms with van der Waals surface area (Å²) < 4.78 is 25.4. The molecule has 0 spiro atoms. The van der Waals surface area contributed by atoms with Crippen molar-refractivity contribution in [2.75, 3.05) is 33.4 Å². The Labute approximate surface area is 377 Å². The summed E-state index contributed by atoms with van der Waals surface area (Å²) in [4.78, 5) is 34.4. The number of carbonyl (C=O) groups is 2. The largest absolute Gasteiger partial charge is 0.506 e. The number of amides is 1. The number of aliphatic hydroxyl groups is 4.